The molecular weight excluding hydrogens is 517 g/mol. The first-order chi connectivity index (χ1) is 14.5. The lowest BCUT2D eigenvalue weighted by atomic mass is 9.88. The van der Waals surface area contributed by atoms with Crippen molar-refractivity contribution in [2.75, 3.05) is 19.6 Å². The number of rotatable bonds is 7. The zero-order valence-corrected chi connectivity index (χ0v) is 20.3. The molecule has 1 amide bonds. The van der Waals surface area contributed by atoms with Crippen LogP contribution in [0.1, 0.15) is 51.0 Å². The molecule has 0 aromatic heterocycles. The van der Waals surface area contributed by atoms with E-state index in [1.165, 1.54) is 12.5 Å². The van der Waals surface area contributed by atoms with E-state index in [4.69, 9.17) is 0 Å². The van der Waals surface area contributed by atoms with Gasteiger partial charge in [0, 0.05) is 31.6 Å². The third-order valence-corrected chi connectivity index (χ3v) is 5.68. The second kappa shape index (κ2) is 13.0. The van der Waals surface area contributed by atoms with Crippen LogP contribution in [0.5, 0.6) is 5.75 Å². The lowest BCUT2D eigenvalue weighted by Gasteiger charge is -2.26. The maximum absolute atomic E-state index is 12.8. The Morgan fingerprint density at radius 3 is 2.74 bits per heavy atom. The van der Waals surface area contributed by atoms with Crippen LogP contribution >= 0.6 is 24.0 Å². The third kappa shape index (κ3) is 8.08. The van der Waals surface area contributed by atoms with Crippen molar-refractivity contribution in [1.29, 1.82) is 0 Å². The van der Waals surface area contributed by atoms with Gasteiger partial charge >= 0.3 is 6.61 Å². The molecule has 1 aliphatic heterocycles. The van der Waals surface area contributed by atoms with Gasteiger partial charge in [-0.25, -0.2) is 4.99 Å². The Kier molecular flexibility index (Phi) is 10.8. The number of hydrogen-bond donors (Lipinski definition) is 2. The lowest BCUT2D eigenvalue weighted by Crippen LogP contribution is -2.45. The van der Waals surface area contributed by atoms with E-state index in [9.17, 15) is 13.6 Å². The summed E-state index contributed by atoms with van der Waals surface area (Å²) in [6.07, 6.45) is 6.49. The fourth-order valence-electron chi connectivity index (χ4n) is 4.19. The summed E-state index contributed by atoms with van der Waals surface area (Å²) in [7, 11) is 0. The quantitative estimate of drug-likeness (QED) is 0.305. The van der Waals surface area contributed by atoms with Crippen LogP contribution < -0.4 is 15.4 Å². The van der Waals surface area contributed by atoms with Gasteiger partial charge in [0.1, 0.15) is 5.75 Å². The van der Waals surface area contributed by atoms with Gasteiger partial charge < -0.3 is 20.3 Å². The van der Waals surface area contributed by atoms with E-state index in [1.54, 1.807) is 12.1 Å². The molecule has 9 heteroatoms. The van der Waals surface area contributed by atoms with Crippen LogP contribution in [0.15, 0.2) is 29.3 Å². The summed E-state index contributed by atoms with van der Waals surface area (Å²) in [4.78, 5) is 19.3. The maximum Gasteiger partial charge on any atom is 0.387 e. The van der Waals surface area contributed by atoms with Crippen molar-refractivity contribution in [3.63, 3.8) is 0 Å². The van der Waals surface area contributed by atoms with E-state index < -0.39 is 6.61 Å². The van der Waals surface area contributed by atoms with Crippen LogP contribution in [0.25, 0.3) is 0 Å². The predicted molar refractivity (Wildman–Crippen MR) is 128 cm³/mol. The normalized spacial score (nSPS) is 19.8. The maximum atomic E-state index is 12.8. The van der Waals surface area contributed by atoms with Crippen LogP contribution in [0.3, 0.4) is 0 Å². The molecule has 0 radical (unpaired) electrons. The minimum atomic E-state index is -2.84. The van der Waals surface area contributed by atoms with Crippen molar-refractivity contribution in [3.05, 3.63) is 29.8 Å². The summed E-state index contributed by atoms with van der Waals surface area (Å²) in [6, 6.07) is 6.72. The molecule has 31 heavy (non-hydrogen) atoms. The fourth-order valence-corrected chi connectivity index (χ4v) is 4.19. The highest BCUT2D eigenvalue weighted by Crippen LogP contribution is 2.26. The third-order valence-electron chi connectivity index (χ3n) is 5.68. The molecule has 6 nitrogen and oxygen atoms in total. The Bertz CT molecular complexity index is 729. The van der Waals surface area contributed by atoms with E-state index in [0.717, 1.165) is 44.2 Å². The Morgan fingerprint density at radius 1 is 1.26 bits per heavy atom. The summed E-state index contributed by atoms with van der Waals surface area (Å²) < 4.78 is 29.3. The minimum Gasteiger partial charge on any atom is -0.435 e. The van der Waals surface area contributed by atoms with Crippen LogP contribution in [-0.4, -0.2) is 49.1 Å². The van der Waals surface area contributed by atoms with Crippen LogP contribution in [0.2, 0.25) is 0 Å². The number of alkyl halides is 2. The number of amides is 1. The SMILES string of the molecule is CCNC(=NCc1cccc(OC(F)F)c1)NC1CCN(C(=O)C2CCCCC2)C1.I. The molecule has 1 unspecified atom stereocenters. The van der Waals surface area contributed by atoms with Crippen molar-refractivity contribution in [3.8, 4) is 5.75 Å². The Labute approximate surface area is 200 Å². The van der Waals surface area contributed by atoms with Crippen molar-refractivity contribution >= 4 is 35.8 Å². The monoisotopic (exact) mass is 550 g/mol. The molecule has 0 spiro atoms. The second-order valence-electron chi connectivity index (χ2n) is 7.97. The molecule has 2 fully saturated rings. The number of halogens is 3. The Balaban J connectivity index is 0.00000341. The van der Waals surface area contributed by atoms with Crippen LogP contribution in [0, 0.1) is 5.92 Å². The number of carbonyl (C=O) groups is 1. The Hall–Kier alpha value is -1.65. The number of benzene rings is 1. The Morgan fingerprint density at radius 2 is 2.03 bits per heavy atom. The molecule has 1 atom stereocenters. The number of aliphatic imine (C=N–C) groups is 1. The van der Waals surface area contributed by atoms with Gasteiger partial charge in [0.2, 0.25) is 5.91 Å². The number of hydrogen-bond acceptors (Lipinski definition) is 3. The van der Waals surface area contributed by atoms with Gasteiger partial charge in [0.25, 0.3) is 0 Å². The molecule has 2 N–H and O–H groups in total. The van der Waals surface area contributed by atoms with Crippen molar-refractivity contribution < 1.29 is 18.3 Å². The van der Waals surface area contributed by atoms with E-state index in [-0.39, 0.29) is 41.7 Å². The first-order valence-corrected chi connectivity index (χ1v) is 10.9. The average Bonchev–Trinajstić information content (AvgIpc) is 3.20. The number of likely N-dealkylation sites (tertiary alicyclic amines) is 1. The first-order valence-electron chi connectivity index (χ1n) is 10.9. The zero-order valence-electron chi connectivity index (χ0n) is 18.0. The summed E-state index contributed by atoms with van der Waals surface area (Å²) >= 11 is 0. The minimum absolute atomic E-state index is 0. The topological polar surface area (TPSA) is 66.0 Å². The van der Waals surface area contributed by atoms with E-state index in [2.05, 4.69) is 20.4 Å². The number of nitrogens with zero attached hydrogens (tertiary/aromatic N) is 2. The largest absolute Gasteiger partial charge is 0.435 e. The molecule has 1 aliphatic carbocycles. The molecule has 2 aliphatic rings. The number of guanidine groups is 1. The molecule has 3 rings (SSSR count). The summed E-state index contributed by atoms with van der Waals surface area (Å²) in [5.74, 6) is 1.29. The molecule has 1 saturated heterocycles. The van der Waals surface area contributed by atoms with E-state index in [1.807, 2.05) is 17.9 Å². The van der Waals surface area contributed by atoms with E-state index >= 15 is 0 Å². The second-order valence-corrected chi connectivity index (χ2v) is 7.97. The molecule has 1 saturated carbocycles. The van der Waals surface area contributed by atoms with E-state index in [0.29, 0.717) is 31.5 Å². The summed E-state index contributed by atoms with van der Waals surface area (Å²) in [6.45, 7) is 1.66. The molecule has 1 aromatic rings. The smallest absolute Gasteiger partial charge is 0.387 e. The highest BCUT2D eigenvalue weighted by molar-refractivity contribution is 14.0. The molecule has 1 aromatic carbocycles. The molecule has 1 heterocycles. The molecule has 174 valence electrons. The van der Waals surface area contributed by atoms with Crippen LogP contribution in [0.4, 0.5) is 8.78 Å². The van der Waals surface area contributed by atoms with Crippen molar-refractivity contribution in [1.82, 2.24) is 15.5 Å². The van der Waals surface area contributed by atoms with Gasteiger partial charge in [0.15, 0.2) is 5.96 Å². The predicted octanol–water partition coefficient (Wildman–Crippen LogP) is 4.14. The van der Waals surface area contributed by atoms with Crippen molar-refractivity contribution in [2.24, 2.45) is 10.9 Å². The van der Waals surface area contributed by atoms with Gasteiger partial charge in [-0.05, 0) is 43.9 Å². The lowest BCUT2D eigenvalue weighted by molar-refractivity contribution is -0.135. The summed E-state index contributed by atoms with van der Waals surface area (Å²) in [5.41, 5.74) is 0.783. The average molecular weight is 550 g/mol. The van der Waals surface area contributed by atoms with Gasteiger partial charge in [-0.1, -0.05) is 31.4 Å². The number of ether oxygens (including phenoxy) is 1. The highest BCUT2D eigenvalue weighted by atomic mass is 127. The standard InChI is InChI=1S/C22H32F2N4O2.HI/c1-2-25-22(26-14-16-7-6-10-19(13-16)30-21(23)24)27-18-11-12-28(15-18)20(29)17-8-4-3-5-9-17;/h6-7,10,13,17-18,21H,2-5,8-9,11-12,14-15H2,1H3,(H2,25,26,27);1H. The van der Waals surface area contributed by atoms with Crippen molar-refractivity contribution in [2.45, 2.75) is 64.6 Å². The zero-order chi connectivity index (χ0) is 21.3. The van der Waals surface area contributed by atoms with Gasteiger partial charge in [-0.15, -0.1) is 24.0 Å². The summed E-state index contributed by atoms with van der Waals surface area (Å²) in [5, 5.41) is 6.63. The number of carbonyl (C=O) groups excluding carboxylic acids is 1. The van der Waals surface area contributed by atoms with Gasteiger partial charge in [0.05, 0.1) is 6.54 Å². The first kappa shape index (κ1) is 25.6. The molecular formula is C22H33F2IN4O2. The number of nitrogens with one attached hydrogen (secondary N) is 2. The highest BCUT2D eigenvalue weighted by Gasteiger charge is 2.31. The van der Waals surface area contributed by atoms with Crippen LogP contribution in [-0.2, 0) is 11.3 Å². The fraction of sp³-hybridized carbons (Fsp3) is 0.636. The van der Waals surface area contributed by atoms with Gasteiger partial charge in [-0.3, -0.25) is 4.79 Å². The van der Waals surface area contributed by atoms with Gasteiger partial charge in [-0.2, -0.15) is 8.78 Å². The molecule has 0 bridgehead atoms.